The van der Waals surface area contributed by atoms with E-state index in [1.165, 1.54) is 7.11 Å². The number of aromatic amines is 1. The van der Waals surface area contributed by atoms with Crippen LogP contribution in [-0.4, -0.2) is 31.1 Å². The van der Waals surface area contributed by atoms with Crippen LogP contribution in [0.15, 0.2) is 42.5 Å². The maximum absolute atomic E-state index is 13.0. The lowest BCUT2D eigenvalue weighted by Gasteiger charge is -2.15. The number of H-pyrrole nitrogens is 1. The van der Waals surface area contributed by atoms with Gasteiger partial charge in [0.2, 0.25) is 5.91 Å². The van der Waals surface area contributed by atoms with Gasteiger partial charge in [-0.1, -0.05) is 23.7 Å². The molecule has 7 heteroatoms. The summed E-state index contributed by atoms with van der Waals surface area (Å²) < 4.78 is 10.5. The Morgan fingerprint density at radius 2 is 1.90 bits per heavy atom. The van der Waals surface area contributed by atoms with E-state index >= 15 is 0 Å². The van der Waals surface area contributed by atoms with Gasteiger partial charge in [0.25, 0.3) is 0 Å². The summed E-state index contributed by atoms with van der Waals surface area (Å²) in [6.45, 7) is 1.78. The summed E-state index contributed by atoms with van der Waals surface area (Å²) in [5.41, 5.74) is 4.24. The molecule has 3 aromatic rings. The van der Waals surface area contributed by atoms with Crippen LogP contribution in [0.3, 0.4) is 0 Å². The number of amides is 1. The highest BCUT2D eigenvalue weighted by Crippen LogP contribution is 2.45. The molecule has 0 aliphatic carbocycles. The summed E-state index contributed by atoms with van der Waals surface area (Å²) in [5, 5.41) is 3.39. The molecule has 0 radical (unpaired) electrons. The number of benzene rings is 2. The summed E-state index contributed by atoms with van der Waals surface area (Å²) in [4.78, 5) is 28.9. The number of aryl methyl sites for hydroxylation is 1. The SMILES string of the molecule is COC(=O)c1c(C)[nH]c(-c2ccccc2OC)c1C1C(=O)Nc2ccc(Cl)cc21. The predicted molar refractivity (Wildman–Crippen MR) is 111 cm³/mol. The van der Waals surface area contributed by atoms with E-state index in [9.17, 15) is 9.59 Å². The van der Waals surface area contributed by atoms with E-state index in [4.69, 9.17) is 21.1 Å². The summed E-state index contributed by atoms with van der Waals surface area (Å²) in [5.74, 6) is -0.848. The van der Waals surface area contributed by atoms with Gasteiger partial charge in [0.15, 0.2) is 0 Å². The number of anilines is 1. The summed E-state index contributed by atoms with van der Waals surface area (Å²) in [6, 6.07) is 12.6. The van der Waals surface area contributed by atoms with Crippen LogP contribution in [0, 0.1) is 6.92 Å². The molecule has 1 unspecified atom stereocenters. The number of carbonyl (C=O) groups is 2. The molecule has 148 valence electrons. The zero-order valence-corrected chi connectivity index (χ0v) is 16.9. The topological polar surface area (TPSA) is 80.4 Å². The molecule has 0 bridgehead atoms. The minimum absolute atomic E-state index is 0.234. The Balaban J connectivity index is 2.04. The molecule has 1 atom stereocenters. The molecule has 2 heterocycles. The molecule has 0 spiro atoms. The third kappa shape index (κ3) is 3.06. The fourth-order valence-corrected chi connectivity index (χ4v) is 4.06. The molecule has 0 saturated carbocycles. The maximum Gasteiger partial charge on any atom is 0.340 e. The number of hydrogen-bond acceptors (Lipinski definition) is 4. The van der Waals surface area contributed by atoms with Crippen LogP contribution >= 0.6 is 11.6 Å². The van der Waals surface area contributed by atoms with Crippen LogP contribution in [0.5, 0.6) is 5.75 Å². The van der Waals surface area contributed by atoms with Gasteiger partial charge in [0.1, 0.15) is 5.75 Å². The molecule has 29 heavy (non-hydrogen) atoms. The summed E-state index contributed by atoms with van der Waals surface area (Å²) in [6.07, 6.45) is 0. The first-order chi connectivity index (χ1) is 14.0. The number of aromatic nitrogens is 1. The molecule has 2 N–H and O–H groups in total. The van der Waals surface area contributed by atoms with Gasteiger partial charge in [-0.05, 0) is 42.8 Å². The first-order valence-electron chi connectivity index (χ1n) is 9.00. The summed E-state index contributed by atoms with van der Waals surface area (Å²) in [7, 11) is 2.90. The van der Waals surface area contributed by atoms with Crippen molar-refractivity contribution in [3.05, 3.63) is 69.9 Å². The van der Waals surface area contributed by atoms with Gasteiger partial charge in [-0.2, -0.15) is 0 Å². The molecule has 1 aromatic heterocycles. The zero-order valence-electron chi connectivity index (χ0n) is 16.1. The van der Waals surface area contributed by atoms with E-state index in [-0.39, 0.29) is 5.91 Å². The number of esters is 1. The Labute approximate surface area is 172 Å². The monoisotopic (exact) mass is 410 g/mol. The van der Waals surface area contributed by atoms with Gasteiger partial charge >= 0.3 is 5.97 Å². The van der Waals surface area contributed by atoms with Gasteiger partial charge < -0.3 is 19.8 Å². The standard InChI is InChI=1S/C22H19ClN2O4/c1-11-17(22(27)29-3)19(20(24-11)13-6-4-5-7-16(13)28-2)18-14-10-12(23)8-9-15(14)25-21(18)26/h4-10,18,24H,1-3H3,(H,25,26). The van der Waals surface area contributed by atoms with Crippen molar-refractivity contribution in [2.75, 3.05) is 19.5 Å². The molecule has 1 aliphatic rings. The Morgan fingerprint density at radius 3 is 2.62 bits per heavy atom. The van der Waals surface area contributed by atoms with Gasteiger partial charge in [0.05, 0.1) is 31.4 Å². The molecule has 0 fully saturated rings. The van der Waals surface area contributed by atoms with E-state index in [0.29, 0.717) is 44.5 Å². The predicted octanol–water partition coefficient (Wildman–Crippen LogP) is 4.52. The van der Waals surface area contributed by atoms with E-state index < -0.39 is 11.9 Å². The lowest BCUT2D eigenvalue weighted by atomic mass is 9.87. The first-order valence-corrected chi connectivity index (χ1v) is 9.38. The molecule has 1 amide bonds. The van der Waals surface area contributed by atoms with Gasteiger partial charge in [-0.25, -0.2) is 4.79 Å². The van der Waals surface area contributed by atoms with Crippen molar-refractivity contribution in [1.82, 2.24) is 4.98 Å². The van der Waals surface area contributed by atoms with Gasteiger partial charge in [-0.3, -0.25) is 4.79 Å². The second-order valence-corrected chi connectivity index (χ2v) is 7.20. The average Bonchev–Trinajstić information content (AvgIpc) is 3.22. The highest BCUT2D eigenvalue weighted by molar-refractivity contribution is 6.31. The summed E-state index contributed by atoms with van der Waals surface area (Å²) >= 11 is 6.20. The van der Waals surface area contributed by atoms with Crippen LogP contribution in [0.1, 0.15) is 33.1 Å². The van der Waals surface area contributed by atoms with Crippen LogP contribution in [-0.2, 0) is 9.53 Å². The van der Waals surface area contributed by atoms with Crippen molar-refractivity contribution in [3.8, 4) is 17.0 Å². The number of nitrogens with one attached hydrogen (secondary N) is 2. The Bertz CT molecular complexity index is 1140. The molecule has 2 aromatic carbocycles. The van der Waals surface area contributed by atoms with Crippen molar-refractivity contribution in [2.24, 2.45) is 0 Å². The average molecular weight is 411 g/mol. The lowest BCUT2D eigenvalue weighted by molar-refractivity contribution is -0.116. The highest BCUT2D eigenvalue weighted by atomic mass is 35.5. The van der Waals surface area contributed by atoms with E-state index in [1.807, 2.05) is 24.3 Å². The van der Waals surface area contributed by atoms with Crippen molar-refractivity contribution >= 4 is 29.2 Å². The zero-order chi connectivity index (χ0) is 20.7. The quantitative estimate of drug-likeness (QED) is 0.619. The molecule has 6 nitrogen and oxygen atoms in total. The van der Waals surface area contributed by atoms with Crippen LogP contribution < -0.4 is 10.1 Å². The van der Waals surface area contributed by atoms with E-state index in [0.717, 1.165) is 5.56 Å². The molecule has 4 rings (SSSR count). The number of methoxy groups -OCH3 is 2. The smallest absolute Gasteiger partial charge is 0.340 e. The molecule has 1 aliphatic heterocycles. The highest BCUT2D eigenvalue weighted by Gasteiger charge is 2.39. The normalized spacial score (nSPS) is 15.0. The number of halogens is 1. The van der Waals surface area contributed by atoms with Gasteiger partial charge in [0, 0.05) is 27.5 Å². The van der Waals surface area contributed by atoms with Crippen LogP contribution in [0.2, 0.25) is 5.02 Å². The van der Waals surface area contributed by atoms with Crippen molar-refractivity contribution < 1.29 is 19.1 Å². The second kappa shape index (κ2) is 7.29. The van der Waals surface area contributed by atoms with E-state index in [2.05, 4.69) is 10.3 Å². The van der Waals surface area contributed by atoms with Gasteiger partial charge in [-0.15, -0.1) is 0 Å². The number of carbonyl (C=O) groups excluding carboxylic acids is 2. The number of rotatable bonds is 4. The number of ether oxygens (including phenoxy) is 2. The van der Waals surface area contributed by atoms with Crippen molar-refractivity contribution in [1.29, 1.82) is 0 Å². The third-order valence-corrected chi connectivity index (χ3v) is 5.36. The van der Waals surface area contributed by atoms with Crippen LogP contribution in [0.25, 0.3) is 11.3 Å². The minimum Gasteiger partial charge on any atom is -0.496 e. The number of fused-ring (bicyclic) bond motifs is 1. The second-order valence-electron chi connectivity index (χ2n) is 6.76. The lowest BCUT2D eigenvalue weighted by Crippen LogP contribution is -2.17. The number of hydrogen-bond donors (Lipinski definition) is 2. The Morgan fingerprint density at radius 1 is 1.14 bits per heavy atom. The van der Waals surface area contributed by atoms with E-state index in [1.54, 1.807) is 32.2 Å². The first kappa shape index (κ1) is 19.1. The van der Waals surface area contributed by atoms with Crippen LogP contribution in [0.4, 0.5) is 5.69 Å². The maximum atomic E-state index is 13.0. The molecular formula is C22H19ClN2O4. The van der Waals surface area contributed by atoms with Crippen molar-refractivity contribution in [2.45, 2.75) is 12.8 Å². The van der Waals surface area contributed by atoms with Crippen molar-refractivity contribution in [3.63, 3.8) is 0 Å². The minimum atomic E-state index is -0.720. The fraction of sp³-hybridized carbons (Fsp3) is 0.182. The third-order valence-electron chi connectivity index (χ3n) is 5.13. The molecule has 0 saturated heterocycles. The number of para-hydroxylation sites is 1. The Hall–Kier alpha value is -3.25. The molecular weight excluding hydrogens is 392 g/mol. The Kier molecular flexibility index (Phi) is 4.80. The largest absolute Gasteiger partial charge is 0.496 e. The fourth-order valence-electron chi connectivity index (χ4n) is 3.88.